The minimum absolute atomic E-state index is 0.107. The molecule has 0 bridgehead atoms. The standard InChI is InChI=1S/C10H13N5O4/c1-14-3-2-7(13-14)12-10(19)15-5-8(16)11-4-6(15)9(17)18/h2-3,6H,4-5H2,1H3,(H,11,16)(H,17,18)(H,12,13,19). The first-order valence-electron chi connectivity index (χ1n) is 5.54. The Hall–Kier alpha value is -2.58. The molecule has 0 saturated carbocycles. The number of anilines is 1. The summed E-state index contributed by atoms with van der Waals surface area (Å²) in [6, 6.07) is -0.181. The molecular weight excluding hydrogens is 254 g/mol. The van der Waals surface area contributed by atoms with E-state index in [0.717, 1.165) is 4.90 Å². The number of amides is 3. The Labute approximate surface area is 108 Å². The van der Waals surface area contributed by atoms with E-state index in [-0.39, 0.29) is 13.1 Å². The van der Waals surface area contributed by atoms with Gasteiger partial charge in [-0.15, -0.1) is 0 Å². The lowest BCUT2D eigenvalue weighted by Crippen LogP contribution is -2.60. The van der Waals surface area contributed by atoms with Gasteiger partial charge in [0.05, 0.1) is 0 Å². The average Bonchev–Trinajstić information content (AvgIpc) is 2.74. The molecule has 0 spiro atoms. The van der Waals surface area contributed by atoms with E-state index in [0.29, 0.717) is 5.82 Å². The molecule has 1 aromatic rings. The summed E-state index contributed by atoms with van der Waals surface area (Å²) in [6.45, 7) is -0.403. The van der Waals surface area contributed by atoms with Gasteiger partial charge in [0.1, 0.15) is 12.6 Å². The van der Waals surface area contributed by atoms with Crippen molar-refractivity contribution in [2.75, 3.05) is 18.4 Å². The highest BCUT2D eigenvalue weighted by Gasteiger charge is 2.35. The number of hydrogen-bond acceptors (Lipinski definition) is 4. The lowest BCUT2D eigenvalue weighted by Gasteiger charge is -2.32. The maximum atomic E-state index is 12.0. The largest absolute Gasteiger partial charge is 0.480 e. The molecule has 102 valence electrons. The molecule has 1 aliphatic heterocycles. The molecule has 1 fully saturated rings. The van der Waals surface area contributed by atoms with Gasteiger partial charge in [0.15, 0.2) is 5.82 Å². The van der Waals surface area contributed by atoms with Crippen molar-refractivity contribution in [3.8, 4) is 0 Å². The molecule has 3 N–H and O–H groups in total. The summed E-state index contributed by atoms with van der Waals surface area (Å²) in [5, 5.41) is 17.8. The summed E-state index contributed by atoms with van der Waals surface area (Å²) < 4.78 is 1.49. The quantitative estimate of drug-likeness (QED) is 0.624. The average molecular weight is 267 g/mol. The third-order valence-corrected chi connectivity index (χ3v) is 2.68. The molecule has 19 heavy (non-hydrogen) atoms. The van der Waals surface area contributed by atoms with Crippen LogP contribution in [0.5, 0.6) is 0 Å². The number of aliphatic carboxylic acids is 1. The lowest BCUT2D eigenvalue weighted by molar-refractivity contribution is -0.144. The third-order valence-electron chi connectivity index (χ3n) is 2.68. The van der Waals surface area contributed by atoms with Crippen molar-refractivity contribution in [2.45, 2.75) is 6.04 Å². The highest BCUT2D eigenvalue weighted by molar-refractivity contribution is 5.96. The van der Waals surface area contributed by atoms with Crippen molar-refractivity contribution < 1.29 is 19.5 Å². The van der Waals surface area contributed by atoms with Crippen LogP contribution in [0.4, 0.5) is 10.6 Å². The Morgan fingerprint density at radius 2 is 2.32 bits per heavy atom. The van der Waals surface area contributed by atoms with Crippen LogP contribution < -0.4 is 10.6 Å². The Bertz CT molecular complexity index is 526. The normalized spacial score (nSPS) is 18.9. The molecule has 0 aromatic carbocycles. The minimum atomic E-state index is -1.17. The lowest BCUT2D eigenvalue weighted by atomic mass is 10.2. The van der Waals surface area contributed by atoms with Crippen LogP contribution in [-0.4, -0.2) is 56.8 Å². The zero-order valence-electron chi connectivity index (χ0n) is 10.2. The summed E-state index contributed by atoms with van der Waals surface area (Å²) in [4.78, 5) is 35.2. The van der Waals surface area contributed by atoms with E-state index < -0.39 is 23.9 Å². The van der Waals surface area contributed by atoms with Crippen LogP contribution in [0.15, 0.2) is 12.3 Å². The maximum absolute atomic E-state index is 12.0. The number of carboxylic acid groups (broad SMARTS) is 1. The molecule has 2 rings (SSSR count). The molecule has 9 heteroatoms. The van der Waals surface area contributed by atoms with Crippen LogP contribution in [0.3, 0.4) is 0 Å². The molecule has 2 heterocycles. The van der Waals surface area contributed by atoms with E-state index in [4.69, 9.17) is 5.11 Å². The third kappa shape index (κ3) is 2.81. The Balaban J connectivity index is 2.10. The van der Waals surface area contributed by atoms with E-state index in [9.17, 15) is 14.4 Å². The number of nitrogens with zero attached hydrogens (tertiary/aromatic N) is 3. The Morgan fingerprint density at radius 1 is 1.58 bits per heavy atom. The maximum Gasteiger partial charge on any atom is 0.328 e. The van der Waals surface area contributed by atoms with Crippen LogP contribution in [0.1, 0.15) is 0 Å². The molecule has 1 aromatic heterocycles. The Kier molecular flexibility index (Phi) is 3.36. The van der Waals surface area contributed by atoms with Crippen LogP contribution in [-0.2, 0) is 16.6 Å². The Morgan fingerprint density at radius 3 is 2.89 bits per heavy atom. The topological polar surface area (TPSA) is 117 Å². The summed E-state index contributed by atoms with van der Waals surface area (Å²) in [6.07, 6.45) is 1.63. The van der Waals surface area contributed by atoms with E-state index in [1.807, 2.05) is 0 Å². The van der Waals surface area contributed by atoms with Gasteiger partial charge in [0.25, 0.3) is 0 Å². The van der Waals surface area contributed by atoms with Gasteiger partial charge < -0.3 is 10.4 Å². The first kappa shape index (κ1) is 12.9. The van der Waals surface area contributed by atoms with Gasteiger partial charge in [0, 0.05) is 25.9 Å². The second-order valence-electron chi connectivity index (χ2n) is 4.09. The van der Waals surface area contributed by atoms with Gasteiger partial charge in [0.2, 0.25) is 5.91 Å². The highest BCUT2D eigenvalue weighted by atomic mass is 16.4. The van der Waals surface area contributed by atoms with Gasteiger partial charge in [-0.25, -0.2) is 9.59 Å². The highest BCUT2D eigenvalue weighted by Crippen LogP contribution is 2.09. The number of aryl methyl sites for hydroxylation is 1. The van der Waals surface area contributed by atoms with Crippen LogP contribution in [0, 0.1) is 0 Å². The molecular formula is C10H13N5O4. The smallest absolute Gasteiger partial charge is 0.328 e. The molecule has 0 aliphatic carbocycles. The number of carboxylic acids is 1. The zero-order chi connectivity index (χ0) is 14.0. The summed E-state index contributed by atoms with van der Waals surface area (Å²) in [7, 11) is 1.68. The van der Waals surface area contributed by atoms with Crippen LogP contribution in [0.2, 0.25) is 0 Å². The summed E-state index contributed by atoms with van der Waals surface area (Å²) >= 11 is 0. The van der Waals surface area contributed by atoms with Crippen LogP contribution in [0.25, 0.3) is 0 Å². The second kappa shape index (κ2) is 4.96. The van der Waals surface area contributed by atoms with Gasteiger partial charge in [-0.05, 0) is 0 Å². The molecule has 1 atom stereocenters. The van der Waals surface area contributed by atoms with E-state index in [2.05, 4.69) is 15.7 Å². The fourth-order valence-electron chi connectivity index (χ4n) is 1.74. The number of nitrogens with one attached hydrogen (secondary N) is 2. The molecule has 9 nitrogen and oxygen atoms in total. The molecule has 3 amide bonds. The first-order valence-corrected chi connectivity index (χ1v) is 5.54. The predicted octanol–water partition coefficient (Wildman–Crippen LogP) is -1.16. The number of piperazine rings is 1. The van der Waals surface area contributed by atoms with E-state index in [1.54, 1.807) is 19.3 Å². The van der Waals surface area contributed by atoms with Crippen molar-refractivity contribution in [3.05, 3.63) is 12.3 Å². The van der Waals surface area contributed by atoms with Crippen molar-refractivity contribution in [2.24, 2.45) is 7.05 Å². The van der Waals surface area contributed by atoms with Gasteiger partial charge in [-0.2, -0.15) is 5.10 Å². The number of carbonyl (C=O) groups is 3. The van der Waals surface area contributed by atoms with E-state index in [1.165, 1.54) is 4.68 Å². The van der Waals surface area contributed by atoms with Gasteiger partial charge >= 0.3 is 12.0 Å². The molecule has 1 saturated heterocycles. The van der Waals surface area contributed by atoms with Crippen molar-refractivity contribution in [3.63, 3.8) is 0 Å². The number of hydrogen-bond donors (Lipinski definition) is 3. The SMILES string of the molecule is Cn1ccc(NC(=O)N2CC(=O)NCC2C(=O)O)n1. The van der Waals surface area contributed by atoms with Crippen LogP contribution >= 0.6 is 0 Å². The number of carbonyl (C=O) groups excluding carboxylic acids is 2. The number of aromatic nitrogens is 2. The van der Waals surface area contributed by atoms with Crippen molar-refractivity contribution in [1.82, 2.24) is 20.0 Å². The fourth-order valence-corrected chi connectivity index (χ4v) is 1.74. The molecule has 1 unspecified atom stereocenters. The van der Waals surface area contributed by atoms with Gasteiger partial charge in [-0.1, -0.05) is 0 Å². The molecule has 0 radical (unpaired) electrons. The number of rotatable bonds is 2. The first-order chi connectivity index (χ1) is 8.97. The summed E-state index contributed by atoms with van der Waals surface area (Å²) in [5.74, 6) is -1.27. The predicted molar refractivity (Wildman–Crippen MR) is 63.4 cm³/mol. The fraction of sp³-hybridized carbons (Fsp3) is 0.400. The monoisotopic (exact) mass is 267 g/mol. The minimum Gasteiger partial charge on any atom is -0.480 e. The van der Waals surface area contributed by atoms with Crippen molar-refractivity contribution in [1.29, 1.82) is 0 Å². The van der Waals surface area contributed by atoms with E-state index >= 15 is 0 Å². The number of urea groups is 1. The van der Waals surface area contributed by atoms with Crippen molar-refractivity contribution >= 4 is 23.7 Å². The molecule has 1 aliphatic rings. The second-order valence-corrected chi connectivity index (χ2v) is 4.09. The van der Waals surface area contributed by atoms with Gasteiger partial charge in [-0.3, -0.25) is 19.7 Å². The zero-order valence-corrected chi connectivity index (χ0v) is 10.2. The summed E-state index contributed by atoms with van der Waals surface area (Å²) in [5.41, 5.74) is 0.